The van der Waals surface area contributed by atoms with Crippen molar-refractivity contribution in [2.75, 3.05) is 7.11 Å². The summed E-state index contributed by atoms with van der Waals surface area (Å²) >= 11 is 1.57. The van der Waals surface area contributed by atoms with Gasteiger partial charge in [0.2, 0.25) is 5.78 Å². The number of Topliss-reactive ketones (excluding diaryl/α,β-unsaturated/α-hetero) is 1. The fourth-order valence-corrected chi connectivity index (χ4v) is 3.30. The van der Waals surface area contributed by atoms with Crippen molar-refractivity contribution in [3.63, 3.8) is 0 Å². The van der Waals surface area contributed by atoms with E-state index in [9.17, 15) is 14.4 Å². The summed E-state index contributed by atoms with van der Waals surface area (Å²) in [6, 6.07) is 1.95. The largest absolute Gasteiger partial charge is 0.465 e. The van der Waals surface area contributed by atoms with Gasteiger partial charge in [-0.05, 0) is 55.1 Å². The van der Waals surface area contributed by atoms with Gasteiger partial charge in [-0.15, -0.1) is 0 Å². The summed E-state index contributed by atoms with van der Waals surface area (Å²) in [5.74, 6) is -1.31. The highest BCUT2D eigenvalue weighted by Gasteiger charge is 2.27. The molecule has 0 aliphatic carbocycles. The number of aryl methyl sites for hydroxylation is 2. The average molecular weight is 363 g/mol. The fourth-order valence-electron chi connectivity index (χ4n) is 2.60. The van der Waals surface area contributed by atoms with Gasteiger partial charge < -0.3 is 14.5 Å². The molecule has 1 atom stereocenters. The van der Waals surface area contributed by atoms with Gasteiger partial charge in [0, 0.05) is 12.1 Å². The van der Waals surface area contributed by atoms with E-state index in [4.69, 9.17) is 9.47 Å². The SMILES string of the molecule is COC(=O)c1c(C)[nH]c(C(=O)[C@H](C)OC(=O)CCc2ccsc2)c1C. The maximum absolute atomic E-state index is 12.6. The van der Waals surface area contributed by atoms with Crippen LogP contribution in [0.2, 0.25) is 0 Å². The number of ketones is 1. The van der Waals surface area contributed by atoms with E-state index in [-0.39, 0.29) is 17.9 Å². The lowest BCUT2D eigenvalue weighted by atomic mass is 10.1. The van der Waals surface area contributed by atoms with Gasteiger partial charge in [0.25, 0.3) is 0 Å². The van der Waals surface area contributed by atoms with Crippen LogP contribution in [0.25, 0.3) is 0 Å². The van der Waals surface area contributed by atoms with Crippen LogP contribution in [0.15, 0.2) is 16.8 Å². The second-order valence-corrected chi connectivity index (χ2v) is 6.52. The molecule has 7 heteroatoms. The molecule has 0 spiro atoms. The molecule has 2 aromatic rings. The Morgan fingerprint density at radius 3 is 2.60 bits per heavy atom. The van der Waals surface area contributed by atoms with Crippen molar-refractivity contribution in [3.05, 3.63) is 44.9 Å². The van der Waals surface area contributed by atoms with Crippen LogP contribution in [-0.2, 0) is 20.7 Å². The van der Waals surface area contributed by atoms with Crippen LogP contribution in [0.3, 0.4) is 0 Å². The van der Waals surface area contributed by atoms with E-state index in [1.807, 2.05) is 16.8 Å². The van der Waals surface area contributed by atoms with Crippen molar-refractivity contribution in [1.29, 1.82) is 0 Å². The number of rotatable bonds is 7. The quantitative estimate of drug-likeness (QED) is 0.603. The second kappa shape index (κ2) is 8.11. The lowest BCUT2D eigenvalue weighted by Crippen LogP contribution is -2.25. The number of carbonyl (C=O) groups is 3. The third-order valence-electron chi connectivity index (χ3n) is 3.95. The summed E-state index contributed by atoms with van der Waals surface area (Å²) in [5, 5.41) is 3.92. The molecule has 0 aromatic carbocycles. The smallest absolute Gasteiger partial charge is 0.339 e. The number of esters is 2. The zero-order chi connectivity index (χ0) is 18.6. The molecule has 6 nitrogen and oxygen atoms in total. The highest BCUT2D eigenvalue weighted by Crippen LogP contribution is 2.21. The van der Waals surface area contributed by atoms with Crippen LogP contribution >= 0.6 is 11.3 Å². The maximum Gasteiger partial charge on any atom is 0.339 e. The van der Waals surface area contributed by atoms with E-state index >= 15 is 0 Å². The number of H-pyrrole nitrogens is 1. The average Bonchev–Trinajstić information content (AvgIpc) is 3.19. The monoisotopic (exact) mass is 363 g/mol. The van der Waals surface area contributed by atoms with E-state index in [0.717, 1.165) is 5.56 Å². The summed E-state index contributed by atoms with van der Waals surface area (Å²) in [7, 11) is 1.29. The number of thiophene rings is 1. The van der Waals surface area contributed by atoms with Gasteiger partial charge in [0.15, 0.2) is 6.10 Å². The van der Waals surface area contributed by atoms with Crippen LogP contribution in [0.4, 0.5) is 0 Å². The van der Waals surface area contributed by atoms with Crippen molar-refractivity contribution >= 4 is 29.1 Å². The molecule has 2 aromatic heterocycles. The Morgan fingerprint density at radius 1 is 1.28 bits per heavy atom. The van der Waals surface area contributed by atoms with Crippen molar-refractivity contribution in [3.8, 4) is 0 Å². The summed E-state index contributed by atoms with van der Waals surface area (Å²) in [5.41, 5.74) is 2.71. The molecule has 0 amide bonds. The first-order chi connectivity index (χ1) is 11.8. The molecule has 25 heavy (non-hydrogen) atoms. The first-order valence-corrected chi connectivity index (χ1v) is 8.81. The minimum atomic E-state index is -0.933. The van der Waals surface area contributed by atoms with Crippen molar-refractivity contribution in [2.24, 2.45) is 0 Å². The topological polar surface area (TPSA) is 85.5 Å². The molecule has 134 valence electrons. The Balaban J connectivity index is 2.02. The predicted molar refractivity (Wildman–Crippen MR) is 94.1 cm³/mol. The van der Waals surface area contributed by atoms with E-state index in [0.29, 0.717) is 23.2 Å². The van der Waals surface area contributed by atoms with Crippen molar-refractivity contribution in [1.82, 2.24) is 4.98 Å². The van der Waals surface area contributed by atoms with Crippen LogP contribution in [-0.4, -0.2) is 35.9 Å². The molecule has 2 heterocycles. The Kier molecular flexibility index (Phi) is 6.14. The number of nitrogens with one attached hydrogen (secondary N) is 1. The normalized spacial score (nSPS) is 11.8. The number of aromatic nitrogens is 1. The molecule has 0 unspecified atom stereocenters. The first-order valence-electron chi connectivity index (χ1n) is 7.87. The third kappa shape index (κ3) is 4.36. The van der Waals surface area contributed by atoms with Crippen LogP contribution < -0.4 is 0 Å². The van der Waals surface area contributed by atoms with Crippen LogP contribution in [0.1, 0.15) is 51.0 Å². The number of carbonyl (C=O) groups excluding carboxylic acids is 3. The lowest BCUT2D eigenvalue weighted by Gasteiger charge is -2.12. The molecule has 0 radical (unpaired) electrons. The zero-order valence-corrected chi connectivity index (χ0v) is 15.5. The number of ether oxygens (including phenoxy) is 2. The molecule has 0 fully saturated rings. The van der Waals surface area contributed by atoms with Gasteiger partial charge in [-0.2, -0.15) is 11.3 Å². The van der Waals surface area contributed by atoms with E-state index in [2.05, 4.69) is 4.98 Å². The highest BCUT2D eigenvalue weighted by atomic mass is 32.1. The molecule has 1 N–H and O–H groups in total. The molecule has 0 aliphatic rings. The van der Waals surface area contributed by atoms with E-state index < -0.39 is 18.0 Å². The van der Waals surface area contributed by atoms with Gasteiger partial charge in [0.05, 0.1) is 18.4 Å². The molecule has 0 saturated heterocycles. The van der Waals surface area contributed by atoms with Crippen molar-refractivity contribution < 1.29 is 23.9 Å². The standard InChI is InChI=1S/C18H21NO5S/c1-10-15(18(22)23-4)11(2)19-16(10)17(21)12(3)24-14(20)6-5-13-7-8-25-9-13/h7-9,12,19H,5-6H2,1-4H3/t12-/m0/s1. The minimum absolute atomic E-state index is 0.213. The Labute approximate surface area is 150 Å². The molecular weight excluding hydrogens is 342 g/mol. The highest BCUT2D eigenvalue weighted by molar-refractivity contribution is 7.07. The summed E-state index contributed by atoms with van der Waals surface area (Å²) < 4.78 is 9.96. The van der Waals surface area contributed by atoms with Crippen LogP contribution in [0, 0.1) is 13.8 Å². The molecule has 0 saturated carbocycles. The first kappa shape index (κ1) is 18.9. The fraction of sp³-hybridized carbons (Fsp3) is 0.389. The Hall–Kier alpha value is -2.41. The minimum Gasteiger partial charge on any atom is -0.465 e. The van der Waals surface area contributed by atoms with Crippen molar-refractivity contribution in [2.45, 2.75) is 39.7 Å². The molecule has 0 aliphatic heterocycles. The number of methoxy groups -OCH3 is 1. The van der Waals surface area contributed by atoms with Gasteiger partial charge >= 0.3 is 11.9 Å². The van der Waals surface area contributed by atoms with Gasteiger partial charge in [-0.3, -0.25) is 9.59 Å². The zero-order valence-electron chi connectivity index (χ0n) is 14.7. The summed E-state index contributed by atoms with van der Waals surface area (Å²) in [6.07, 6.45) is -0.141. The molecule has 2 rings (SSSR count). The van der Waals surface area contributed by atoms with E-state index in [1.165, 1.54) is 14.0 Å². The molecular formula is C18H21NO5S. The lowest BCUT2D eigenvalue weighted by molar-refractivity contribution is -0.146. The Bertz CT molecular complexity index is 776. The maximum atomic E-state index is 12.6. The van der Waals surface area contributed by atoms with Gasteiger partial charge in [-0.25, -0.2) is 4.79 Å². The number of hydrogen-bond donors (Lipinski definition) is 1. The number of aromatic amines is 1. The van der Waals surface area contributed by atoms with Crippen LogP contribution in [0.5, 0.6) is 0 Å². The Morgan fingerprint density at radius 2 is 2.00 bits per heavy atom. The predicted octanol–water partition coefficient (Wildman–Crippen LogP) is 3.23. The second-order valence-electron chi connectivity index (χ2n) is 5.74. The van der Waals surface area contributed by atoms with Gasteiger partial charge in [0.1, 0.15) is 0 Å². The number of hydrogen-bond acceptors (Lipinski definition) is 6. The summed E-state index contributed by atoms with van der Waals surface area (Å²) in [6.45, 7) is 4.87. The van der Waals surface area contributed by atoms with Gasteiger partial charge in [-0.1, -0.05) is 0 Å². The molecule has 0 bridgehead atoms. The summed E-state index contributed by atoms with van der Waals surface area (Å²) in [4.78, 5) is 39.2. The third-order valence-corrected chi connectivity index (χ3v) is 4.68. The van der Waals surface area contributed by atoms with E-state index in [1.54, 1.807) is 25.2 Å².